The number of thioether (sulfide) groups is 1. The monoisotopic (exact) mass is 523 g/mol. The number of aromatic nitrogens is 4. The minimum atomic E-state index is -1.19. The minimum absolute atomic E-state index is 0.00322. The molecule has 0 aliphatic rings. The highest BCUT2D eigenvalue weighted by molar-refractivity contribution is 7.99. The standard InChI is InChI=1S/C21H16Cl3N5O3S/c1-21(2,19(31)32)9-8-12-6-7-15(14(23)10-12)25-17(30)11-33-20-26-27-28-29(20)16-5-3-4-13(22)18(16)24/h3-7,10H,11H2,1-2H3,(H,25,30)(H,31,32). The average molecular weight is 525 g/mol. The Balaban J connectivity index is 1.66. The van der Waals surface area contributed by atoms with Gasteiger partial charge < -0.3 is 10.4 Å². The van der Waals surface area contributed by atoms with E-state index < -0.39 is 11.4 Å². The summed E-state index contributed by atoms with van der Waals surface area (Å²) in [6, 6.07) is 9.85. The van der Waals surface area contributed by atoms with Crippen molar-refractivity contribution in [3.8, 4) is 17.5 Å². The van der Waals surface area contributed by atoms with E-state index in [-0.39, 0.29) is 16.7 Å². The second-order valence-electron chi connectivity index (χ2n) is 7.16. The number of carboxylic acid groups (broad SMARTS) is 1. The molecule has 2 aromatic carbocycles. The number of anilines is 1. The highest BCUT2D eigenvalue weighted by Crippen LogP contribution is 2.30. The zero-order valence-corrected chi connectivity index (χ0v) is 20.4. The van der Waals surface area contributed by atoms with Crippen LogP contribution in [0.5, 0.6) is 0 Å². The zero-order valence-electron chi connectivity index (χ0n) is 17.3. The summed E-state index contributed by atoms with van der Waals surface area (Å²) in [5, 5.41) is 24.6. The number of carbonyl (C=O) groups excluding carboxylic acids is 1. The number of carboxylic acids is 1. The fourth-order valence-corrected chi connectivity index (χ4v) is 3.66. The second-order valence-corrected chi connectivity index (χ2v) is 9.29. The van der Waals surface area contributed by atoms with Crippen molar-refractivity contribution < 1.29 is 14.7 Å². The van der Waals surface area contributed by atoms with E-state index in [0.717, 1.165) is 11.8 Å². The first-order chi connectivity index (χ1) is 15.6. The quantitative estimate of drug-likeness (QED) is 0.351. The van der Waals surface area contributed by atoms with E-state index in [1.165, 1.54) is 18.5 Å². The van der Waals surface area contributed by atoms with E-state index in [1.807, 2.05) is 0 Å². The Hall–Kier alpha value is -2.77. The third kappa shape index (κ3) is 6.18. The van der Waals surface area contributed by atoms with E-state index in [1.54, 1.807) is 36.4 Å². The third-order valence-electron chi connectivity index (χ3n) is 4.23. The first-order valence-corrected chi connectivity index (χ1v) is 11.4. The van der Waals surface area contributed by atoms with Crippen LogP contribution in [0.4, 0.5) is 5.69 Å². The van der Waals surface area contributed by atoms with E-state index >= 15 is 0 Å². The number of benzene rings is 2. The lowest BCUT2D eigenvalue weighted by Gasteiger charge is -2.10. The molecular weight excluding hydrogens is 509 g/mol. The lowest BCUT2D eigenvalue weighted by molar-refractivity contribution is -0.143. The molecule has 3 aromatic rings. The van der Waals surface area contributed by atoms with Gasteiger partial charge in [0.2, 0.25) is 11.1 Å². The summed E-state index contributed by atoms with van der Waals surface area (Å²) >= 11 is 19.6. The molecule has 2 N–H and O–H groups in total. The number of amides is 1. The van der Waals surface area contributed by atoms with Crippen LogP contribution in [0.3, 0.4) is 0 Å². The predicted octanol–water partition coefficient (Wildman–Crippen LogP) is 4.82. The van der Waals surface area contributed by atoms with Gasteiger partial charge in [0.1, 0.15) is 5.41 Å². The molecule has 0 saturated carbocycles. The van der Waals surface area contributed by atoms with Gasteiger partial charge in [0.25, 0.3) is 0 Å². The Morgan fingerprint density at radius 3 is 2.64 bits per heavy atom. The maximum Gasteiger partial charge on any atom is 0.321 e. The summed E-state index contributed by atoms with van der Waals surface area (Å²) in [6.45, 7) is 3.01. The summed E-state index contributed by atoms with van der Waals surface area (Å²) in [7, 11) is 0. The Morgan fingerprint density at radius 2 is 1.94 bits per heavy atom. The largest absolute Gasteiger partial charge is 0.480 e. The molecule has 170 valence electrons. The zero-order chi connectivity index (χ0) is 24.2. The topological polar surface area (TPSA) is 110 Å². The fourth-order valence-electron chi connectivity index (χ4n) is 2.37. The molecule has 0 aliphatic heterocycles. The molecule has 1 heterocycles. The summed E-state index contributed by atoms with van der Waals surface area (Å²) < 4.78 is 1.39. The van der Waals surface area contributed by atoms with E-state index in [2.05, 4.69) is 32.7 Å². The summed E-state index contributed by atoms with van der Waals surface area (Å²) in [5.41, 5.74) is 0.214. The number of hydrogen-bond donors (Lipinski definition) is 2. The fraction of sp³-hybridized carbons (Fsp3) is 0.190. The number of rotatable bonds is 6. The summed E-state index contributed by atoms with van der Waals surface area (Å²) in [6.07, 6.45) is 0. The molecular formula is C21H16Cl3N5O3S. The molecule has 0 atom stereocenters. The molecule has 1 aromatic heterocycles. The van der Waals surface area contributed by atoms with Gasteiger partial charge in [0.05, 0.1) is 32.2 Å². The molecule has 0 radical (unpaired) electrons. The van der Waals surface area contributed by atoms with Crippen LogP contribution in [0.15, 0.2) is 41.6 Å². The van der Waals surface area contributed by atoms with Gasteiger partial charge in [-0.2, -0.15) is 4.68 Å². The highest BCUT2D eigenvalue weighted by Gasteiger charge is 2.24. The van der Waals surface area contributed by atoms with Crippen LogP contribution in [0, 0.1) is 17.3 Å². The number of nitrogens with zero attached hydrogens (tertiary/aromatic N) is 4. The van der Waals surface area contributed by atoms with Gasteiger partial charge in [0.15, 0.2) is 0 Å². The SMILES string of the molecule is CC(C)(C#Cc1ccc(NC(=O)CSc2nnnn2-c2cccc(Cl)c2Cl)c(Cl)c1)C(=O)O. The van der Waals surface area contributed by atoms with Crippen molar-refractivity contribution in [2.75, 3.05) is 11.1 Å². The average Bonchev–Trinajstić information content (AvgIpc) is 3.23. The summed E-state index contributed by atoms with van der Waals surface area (Å²) in [4.78, 5) is 23.6. The van der Waals surface area contributed by atoms with Crippen molar-refractivity contribution in [1.82, 2.24) is 20.2 Å². The van der Waals surface area contributed by atoms with Gasteiger partial charge >= 0.3 is 5.97 Å². The number of nitrogens with one attached hydrogen (secondary N) is 1. The maximum atomic E-state index is 12.4. The molecule has 8 nitrogen and oxygen atoms in total. The van der Waals surface area contributed by atoms with Crippen LogP contribution < -0.4 is 5.32 Å². The smallest absolute Gasteiger partial charge is 0.321 e. The molecule has 0 fully saturated rings. The molecule has 12 heteroatoms. The molecule has 0 unspecified atom stereocenters. The Labute approximate surface area is 208 Å². The van der Waals surface area contributed by atoms with Crippen LogP contribution in [0.25, 0.3) is 5.69 Å². The van der Waals surface area contributed by atoms with Crippen molar-refractivity contribution in [2.45, 2.75) is 19.0 Å². The second kappa shape index (κ2) is 10.4. The van der Waals surface area contributed by atoms with Gasteiger partial charge in [0, 0.05) is 5.56 Å². The molecule has 1 amide bonds. The molecule has 0 aliphatic carbocycles. The first kappa shape index (κ1) is 24.9. The summed E-state index contributed by atoms with van der Waals surface area (Å²) in [5.74, 6) is 4.12. The van der Waals surface area contributed by atoms with Gasteiger partial charge in [-0.3, -0.25) is 9.59 Å². The highest BCUT2D eigenvalue weighted by atomic mass is 35.5. The maximum absolute atomic E-state index is 12.4. The van der Waals surface area contributed by atoms with Gasteiger partial charge in [-0.15, -0.1) is 5.10 Å². The Morgan fingerprint density at radius 1 is 1.18 bits per heavy atom. The Bertz CT molecular complexity index is 1280. The van der Waals surface area contributed by atoms with Gasteiger partial charge in [-0.1, -0.05) is 64.5 Å². The molecule has 33 heavy (non-hydrogen) atoms. The molecule has 3 rings (SSSR count). The normalized spacial score (nSPS) is 10.9. The van der Waals surface area contributed by atoms with E-state index in [0.29, 0.717) is 32.1 Å². The van der Waals surface area contributed by atoms with E-state index in [4.69, 9.17) is 39.9 Å². The van der Waals surface area contributed by atoms with Gasteiger partial charge in [-0.05, 0) is 54.6 Å². The number of tetrazole rings is 1. The third-order valence-corrected chi connectivity index (χ3v) is 6.27. The number of aliphatic carboxylic acids is 1. The Kier molecular flexibility index (Phi) is 7.87. The molecule has 0 bridgehead atoms. The van der Waals surface area contributed by atoms with Crippen molar-refractivity contribution in [3.05, 3.63) is 57.0 Å². The van der Waals surface area contributed by atoms with Crippen molar-refractivity contribution >= 4 is 64.1 Å². The first-order valence-electron chi connectivity index (χ1n) is 9.30. The van der Waals surface area contributed by atoms with Crippen LogP contribution in [-0.2, 0) is 9.59 Å². The van der Waals surface area contributed by atoms with Crippen LogP contribution >= 0.6 is 46.6 Å². The van der Waals surface area contributed by atoms with Crippen LogP contribution in [-0.4, -0.2) is 42.9 Å². The van der Waals surface area contributed by atoms with Crippen molar-refractivity contribution in [3.63, 3.8) is 0 Å². The van der Waals surface area contributed by atoms with Crippen molar-refractivity contribution in [1.29, 1.82) is 0 Å². The van der Waals surface area contributed by atoms with E-state index in [9.17, 15) is 9.59 Å². The lowest BCUT2D eigenvalue weighted by atomic mass is 9.94. The van der Waals surface area contributed by atoms with Crippen LogP contribution in [0.2, 0.25) is 15.1 Å². The van der Waals surface area contributed by atoms with Gasteiger partial charge in [-0.25, -0.2) is 0 Å². The predicted molar refractivity (Wildman–Crippen MR) is 128 cm³/mol. The lowest BCUT2D eigenvalue weighted by Crippen LogP contribution is -2.21. The molecule has 0 saturated heterocycles. The van der Waals surface area contributed by atoms with Crippen molar-refractivity contribution in [2.24, 2.45) is 5.41 Å². The van der Waals surface area contributed by atoms with Crippen LogP contribution in [0.1, 0.15) is 19.4 Å². The minimum Gasteiger partial charge on any atom is -0.480 e. The number of halogens is 3. The molecule has 0 spiro atoms. The number of carbonyl (C=O) groups is 2. The number of hydrogen-bond acceptors (Lipinski definition) is 6.